The molecule has 0 fully saturated rings. The van der Waals surface area contributed by atoms with Gasteiger partial charge in [-0.1, -0.05) is 136 Å². The Kier molecular flexibility index (Phi) is 29.6. The summed E-state index contributed by atoms with van der Waals surface area (Å²) >= 11 is 0. The van der Waals surface area contributed by atoms with Crippen LogP contribution in [0.2, 0.25) is 18.6 Å². The second-order valence-electron chi connectivity index (χ2n) is 11.1. The average molecular weight is 530 g/mol. The summed E-state index contributed by atoms with van der Waals surface area (Å²) in [5.41, 5.74) is 0. The molecule has 0 saturated carbocycles. The smallest absolute Gasteiger partial charge is 0.0446 e. The molecule has 0 amide bonds. The number of hydrogen-bond acceptors (Lipinski definition) is 0. The van der Waals surface area contributed by atoms with E-state index in [-0.39, 0.29) is 8.80 Å². The molecular formula is C31H67P2Si. The first-order valence-electron chi connectivity index (χ1n) is 15.9. The van der Waals surface area contributed by atoms with E-state index >= 15 is 0 Å². The third-order valence-electron chi connectivity index (χ3n) is 7.47. The normalized spacial score (nSPS) is 12.0. The van der Waals surface area contributed by atoms with Crippen LogP contribution in [0.15, 0.2) is 0 Å². The highest BCUT2D eigenvalue weighted by Gasteiger charge is 2.12. The highest BCUT2D eigenvalue weighted by atomic mass is 31.1. The van der Waals surface area contributed by atoms with Gasteiger partial charge < -0.3 is 0 Å². The van der Waals surface area contributed by atoms with Gasteiger partial charge in [0.15, 0.2) is 0 Å². The Bertz CT molecular complexity index is 318. The summed E-state index contributed by atoms with van der Waals surface area (Å²) in [7, 11) is 0.628. The van der Waals surface area contributed by atoms with Crippen LogP contribution in [0.25, 0.3) is 0 Å². The number of unbranched alkanes of at least 4 members (excludes halogenated alkanes) is 12. The van der Waals surface area contributed by atoms with Gasteiger partial charge in [-0.15, -0.1) is 15.8 Å². The molecule has 0 rings (SSSR count). The van der Waals surface area contributed by atoms with Gasteiger partial charge in [-0.3, -0.25) is 0 Å². The summed E-state index contributed by atoms with van der Waals surface area (Å²) in [6.45, 7) is 12.1. The minimum absolute atomic E-state index is 0.0742. The zero-order valence-corrected chi connectivity index (χ0v) is 27.6. The van der Waals surface area contributed by atoms with Crippen LogP contribution in [-0.4, -0.2) is 45.8 Å². The standard InChI is InChI=1S/C31H67P2Si/c1-6-10-14-18-24-32(25-19-15-11-7-2)28-22-30-34(5)31-23-29-33(26-20-16-12-8-3)27-21-17-13-9-4/h6-31H2,1-5H3. The molecule has 0 unspecified atom stereocenters. The predicted molar refractivity (Wildman–Crippen MR) is 170 cm³/mol. The van der Waals surface area contributed by atoms with Crippen molar-refractivity contribution < 1.29 is 0 Å². The summed E-state index contributed by atoms with van der Waals surface area (Å²) < 4.78 is 0. The van der Waals surface area contributed by atoms with E-state index in [4.69, 9.17) is 0 Å². The fourth-order valence-corrected chi connectivity index (χ4v) is 12.7. The first-order valence-corrected chi connectivity index (χ1v) is 22.1. The van der Waals surface area contributed by atoms with Gasteiger partial charge in [0, 0.05) is 8.80 Å². The van der Waals surface area contributed by atoms with Gasteiger partial charge >= 0.3 is 0 Å². The molecule has 0 spiro atoms. The first kappa shape index (κ1) is 35.1. The molecular weight excluding hydrogens is 462 g/mol. The van der Waals surface area contributed by atoms with Crippen molar-refractivity contribution in [2.24, 2.45) is 0 Å². The second kappa shape index (κ2) is 28.6. The van der Waals surface area contributed by atoms with Gasteiger partial charge in [-0.25, -0.2) is 0 Å². The Labute approximate surface area is 223 Å². The van der Waals surface area contributed by atoms with Crippen LogP contribution in [0, 0.1) is 0 Å². The molecule has 0 atom stereocenters. The molecule has 0 aromatic rings. The van der Waals surface area contributed by atoms with Crippen LogP contribution in [-0.2, 0) is 0 Å². The highest BCUT2D eigenvalue weighted by Crippen LogP contribution is 2.41. The minimum atomic E-state index is -0.0742. The molecule has 0 aromatic carbocycles. The molecule has 1 radical (unpaired) electrons. The maximum absolute atomic E-state index is 2.67. The first-order chi connectivity index (χ1) is 16.7. The molecule has 0 saturated heterocycles. The van der Waals surface area contributed by atoms with E-state index in [9.17, 15) is 0 Å². The molecule has 205 valence electrons. The second-order valence-corrected chi connectivity index (χ2v) is 19.4. The van der Waals surface area contributed by atoms with E-state index in [1.807, 2.05) is 0 Å². The fourth-order valence-electron chi connectivity index (χ4n) is 5.05. The van der Waals surface area contributed by atoms with Gasteiger partial charge in [0.1, 0.15) is 0 Å². The lowest BCUT2D eigenvalue weighted by Gasteiger charge is -2.20. The van der Waals surface area contributed by atoms with Crippen molar-refractivity contribution in [3.8, 4) is 0 Å². The van der Waals surface area contributed by atoms with Crippen molar-refractivity contribution in [1.29, 1.82) is 0 Å². The molecule has 0 aromatic heterocycles. The number of rotatable bonds is 28. The van der Waals surface area contributed by atoms with Crippen LogP contribution >= 0.6 is 15.8 Å². The zero-order valence-electron chi connectivity index (χ0n) is 24.8. The Hall–Kier alpha value is 1.08. The lowest BCUT2D eigenvalue weighted by atomic mass is 10.2. The molecule has 34 heavy (non-hydrogen) atoms. The van der Waals surface area contributed by atoms with Crippen molar-refractivity contribution in [1.82, 2.24) is 0 Å². The molecule has 0 aliphatic heterocycles. The fraction of sp³-hybridized carbons (Fsp3) is 1.00. The Balaban J connectivity index is 4.16. The van der Waals surface area contributed by atoms with Gasteiger partial charge in [0.2, 0.25) is 0 Å². The Morgan fingerprint density at radius 1 is 0.353 bits per heavy atom. The van der Waals surface area contributed by atoms with E-state index in [0.717, 1.165) is 0 Å². The van der Waals surface area contributed by atoms with Crippen molar-refractivity contribution >= 4 is 24.6 Å². The lowest BCUT2D eigenvalue weighted by molar-refractivity contribution is 0.695. The van der Waals surface area contributed by atoms with Gasteiger partial charge in [0.25, 0.3) is 0 Å². The average Bonchev–Trinajstić information content (AvgIpc) is 2.84. The minimum Gasteiger partial charge on any atom is -0.107 e. The molecule has 0 nitrogen and oxygen atoms in total. The van der Waals surface area contributed by atoms with E-state index in [1.165, 1.54) is 103 Å². The SMILES string of the molecule is CCCCCCP(CCCCCC)CCC[Si](C)CCCP(CCCCCC)CCCCCC. The molecule has 3 heteroatoms. The van der Waals surface area contributed by atoms with Crippen LogP contribution in [0.5, 0.6) is 0 Å². The van der Waals surface area contributed by atoms with Crippen molar-refractivity contribution in [2.75, 3.05) is 37.0 Å². The zero-order chi connectivity index (χ0) is 25.1. The molecule has 0 aliphatic rings. The lowest BCUT2D eigenvalue weighted by Crippen LogP contribution is -2.09. The Morgan fingerprint density at radius 2 is 0.618 bits per heavy atom. The predicted octanol–water partition coefficient (Wildman–Crippen LogP) is 12.2. The van der Waals surface area contributed by atoms with E-state index < -0.39 is 0 Å². The third-order valence-corrected chi connectivity index (χ3v) is 15.6. The van der Waals surface area contributed by atoms with Gasteiger partial charge in [0.05, 0.1) is 0 Å². The molecule has 0 bridgehead atoms. The van der Waals surface area contributed by atoms with Crippen molar-refractivity contribution in [2.45, 2.75) is 162 Å². The third kappa shape index (κ3) is 24.8. The monoisotopic (exact) mass is 529 g/mol. The summed E-state index contributed by atoms with van der Waals surface area (Å²) in [4.78, 5) is 0. The quantitative estimate of drug-likeness (QED) is 0.0537. The van der Waals surface area contributed by atoms with Crippen LogP contribution in [0.1, 0.15) is 143 Å². The maximum atomic E-state index is 2.67. The van der Waals surface area contributed by atoms with Crippen molar-refractivity contribution in [3.63, 3.8) is 0 Å². The number of hydrogen-bond donors (Lipinski definition) is 0. The summed E-state index contributed by atoms with van der Waals surface area (Å²) in [5, 5.41) is 0. The summed E-state index contributed by atoms with van der Waals surface area (Å²) in [6.07, 6.45) is 36.2. The van der Waals surface area contributed by atoms with Gasteiger partial charge in [-0.05, 0) is 62.7 Å². The summed E-state index contributed by atoms with van der Waals surface area (Å²) in [6, 6.07) is 3.22. The van der Waals surface area contributed by atoms with E-state index in [0.29, 0.717) is 15.8 Å². The van der Waals surface area contributed by atoms with Crippen LogP contribution in [0.4, 0.5) is 0 Å². The van der Waals surface area contributed by atoms with E-state index in [2.05, 4.69) is 34.2 Å². The Morgan fingerprint density at radius 3 is 0.882 bits per heavy atom. The van der Waals surface area contributed by atoms with Crippen LogP contribution < -0.4 is 0 Å². The topological polar surface area (TPSA) is 0 Å². The van der Waals surface area contributed by atoms with Crippen molar-refractivity contribution in [3.05, 3.63) is 0 Å². The van der Waals surface area contributed by atoms with E-state index in [1.54, 1.807) is 61.9 Å². The van der Waals surface area contributed by atoms with Crippen LogP contribution in [0.3, 0.4) is 0 Å². The highest BCUT2D eigenvalue weighted by molar-refractivity contribution is 7.57. The van der Waals surface area contributed by atoms with Gasteiger partial charge in [-0.2, -0.15) is 0 Å². The molecule has 0 heterocycles. The largest absolute Gasteiger partial charge is 0.107 e. The maximum Gasteiger partial charge on any atom is 0.0446 e. The summed E-state index contributed by atoms with van der Waals surface area (Å²) in [5.74, 6) is 0. The molecule has 0 N–H and O–H groups in total. The molecule has 0 aliphatic carbocycles.